The number of aryl methyl sites for hydroxylation is 1. The average Bonchev–Trinajstić information content (AvgIpc) is 3.17. The molecule has 1 aromatic rings. The molecule has 10 heteroatoms. The van der Waals surface area contributed by atoms with E-state index in [9.17, 15) is 14.4 Å². The Morgan fingerprint density at radius 2 is 1.69 bits per heavy atom. The number of aromatic nitrogens is 1. The number of nitrogens with one attached hydrogen (secondary N) is 3. The molecule has 1 aliphatic heterocycles. The highest BCUT2D eigenvalue weighted by molar-refractivity contribution is 7.17. The fraction of sp³-hybridized carbons (Fsp3) is 0.727. The summed E-state index contributed by atoms with van der Waals surface area (Å²) >= 11 is 1.30. The number of anilines is 1. The zero-order valence-corrected chi connectivity index (χ0v) is 19.3. The molecule has 0 atom stereocenters. The van der Waals surface area contributed by atoms with Crippen LogP contribution in [0.25, 0.3) is 0 Å². The zero-order valence-electron chi connectivity index (χ0n) is 18.4. The summed E-state index contributed by atoms with van der Waals surface area (Å²) < 4.78 is 5.36. The lowest BCUT2D eigenvalue weighted by molar-refractivity contribution is -0.147. The average molecular weight is 462 g/mol. The SMILES string of the molecule is Cc1nc(N2CCOCC2)sc1C(=O)NNC(=O)CNC(=O)C12CC3CC(CC(C3)C1)C2. The van der Waals surface area contributed by atoms with E-state index in [0.717, 1.165) is 37.5 Å². The van der Waals surface area contributed by atoms with Crippen LogP contribution in [0.2, 0.25) is 0 Å². The molecular formula is C22H31N5O4S. The third-order valence-electron chi connectivity index (χ3n) is 7.52. The van der Waals surface area contributed by atoms with Crippen LogP contribution in [0.3, 0.4) is 0 Å². The highest BCUT2D eigenvalue weighted by atomic mass is 32.1. The van der Waals surface area contributed by atoms with E-state index in [2.05, 4.69) is 26.1 Å². The van der Waals surface area contributed by atoms with Crippen LogP contribution in [0.5, 0.6) is 0 Å². The Hall–Kier alpha value is -2.20. The summed E-state index contributed by atoms with van der Waals surface area (Å²) in [7, 11) is 0. The second kappa shape index (κ2) is 8.62. The quantitative estimate of drug-likeness (QED) is 0.571. The fourth-order valence-corrected chi connectivity index (χ4v) is 7.46. The van der Waals surface area contributed by atoms with Crippen molar-refractivity contribution >= 4 is 34.2 Å². The number of ether oxygens (including phenoxy) is 1. The van der Waals surface area contributed by atoms with E-state index < -0.39 is 11.8 Å². The molecule has 4 saturated carbocycles. The topological polar surface area (TPSA) is 113 Å². The second-order valence-electron chi connectivity index (χ2n) is 9.89. The molecule has 4 aliphatic carbocycles. The number of amides is 3. The smallest absolute Gasteiger partial charge is 0.281 e. The van der Waals surface area contributed by atoms with Gasteiger partial charge in [0.05, 0.1) is 25.5 Å². The Kier molecular flexibility index (Phi) is 5.83. The molecule has 4 bridgehead atoms. The predicted molar refractivity (Wildman–Crippen MR) is 119 cm³/mol. The normalized spacial score (nSPS) is 30.8. The van der Waals surface area contributed by atoms with Crippen molar-refractivity contribution in [1.82, 2.24) is 21.2 Å². The third-order valence-corrected chi connectivity index (χ3v) is 8.73. The number of thiazole rings is 1. The molecule has 3 N–H and O–H groups in total. The molecule has 1 saturated heterocycles. The fourth-order valence-electron chi connectivity index (χ4n) is 6.45. The van der Waals surface area contributed by atoms with Gasteiger partial charge in [-0.3, -0.25) is 25.2 Å². The van der Waals surface area contributed by atoms with Crippen LogP contribution >= 0.6 is 11.3 Å². The molecule has 0 radical (unpaired) electrons. The van der Waals surface area contributed by atoms with Crippen molar-refractivity contribution in [1.29, 1.82) is 0 Å². The highest BCUT2D eigenvalue weighted by Crippen LogP contribution is 2.60. The number of carbonyl (C=O) groups excluding carboxylic acids is 3. The minimum Gasteiger partial charge on any atom is -0.378 e. The molecule has 1 aromatic heterocycles. The maximum Gasteiger partial charge on any atom is 0.281 e. The monoisotopic (exact) mass is 461 g/mol. The van der Waals surface area contributed by atoms with Gasteiger partial charge in [0, 0.05) is 18.5 Å². The maximum atomic E-state index is 13.0. The van der Waals surface area contributed by atoms with E-state index in [1.807, 2.05) is 0 Å². The van der Waals surface area contributed by atoms with Crippen LogP contribution in [-0.2, 0) is 14.3 Å². The zero-order chi connectivity index (χ0) is 22.3. The van der Waals surface area contributed by atoms with Crippen molar-refractivity contribution in [2.45, 2.75) is 45.4 Å². The van der Waals surface area contributed by atoms with Crippen LogP contribution in [0.4, 0.5) is 5.13 Å². The van der Waals surface area contributed by atoms with Crippen LogP contribution in [0.1, 0.15) is 53.9 Å². The molecule has 9 nitrogen and oxygen atoms in total. The van der Waals surface area contributed by atoms with Gasteiger partial charge < -0.3 is 15.0 Å². The molecule has 6 rings (SSSR count). The Labute approximate surface area is 191 Å². The van der Waals surface area contributed by atoms with Crippen LogP contribution in [0.15, 0.2) is 0 Å². The first-order valence-electron chi connectivity index (χ1n) is 11.6. The van der Waals surface area contributed by atoms with Crippen molar-refractivity contribution in [2.75, 3.05) is 37.7 Å². The summed E-state index contributed by atoms with van der Waals surface area (Å²) in [6.45, 7) is 4.42. The first-order valence-corrected chi connectivity index (χ1v) is 12.4. The minimum absolute atomic E-state index is 0.00605. The standard InChI is InChI=1S/C22H31N5O4S/c1-13-18(32-21(24-13)27-2-4-31-5-3-27)19(29)26-25-17(28)12-23-20(30)22-9-14-6-15(10-22)8-16(7-14)11-22/h14-16H,2-12H2,1H3,(H,23,30)(H,25,28)(H,26,29). The molecule has 0 unspecified atom stereocenters. The summed E-state index contributed by atoms with van der Waals surface area (Å²) in [6, 6.07) is 0. The van der Waals surface area contributed by atoms with Crippen LogP contribution in [0, 0.1) is 30.1 Å². The van der Waals surface area contributed by atoms with E-state index in [4.69, 9.17) is 4.74 Å². The lowest BCUT2D eigenvalue weighted by Crippen LogP contribution is -2.55. The van der Waals surface area contributed by atoms with Gasteiger partial charge in [-0.1, -0.05) is 11.3 Å². The van der Waals surface area contributed by atoms with Gasteiger partial charge in [0.25, 0.3) is 11.8 Å². The molecule has 174 valence electrons. The lowest BCUT2D eigenvalue weighted by atomic mass is 9.49. The van der Waals surface area contributed by atoms with E-state index in [0.29, 0.717) is 41.5 Å². The van der Waals surface area contributed by atoms with Gasteiger partial charge in [-0.05, 0) is 63.2 Å². The number of rotatable bonds is 5. The maximum absolute atomic E-state index is 13.0. The number of hydrogen-bond acceptors (Lipinski definition) is 7. The first-order chi connectivity index (χ1) is 15.4. The van der Waals surface area contributed by atoms with Crippen LogP contribution < -0.4 is 21.1 Å². The van der Waals surface area contributed by atoms with Gasteiger partial charge >= 0.3 is 0 Å². The Balaban J connectivity index is 1.10. The molecule has 5 aliphatic rings. The largest absolute Gasteiger partial charge is 0.378 e. The second-order valence-corrected chi connectivity index (χ2v) is 10.9. The molecule has 0 aromatic carbocycles. The molecule has 5 fully saturated rings. The number of carbonyl (C=O) groups is 3. The van der Waals surface area contributed by atoms with E-state index in [1.165, 1.54) is 30.6 Å². The Morgan fingerprint density at radius 1 is 1.06 bits per heavy atom. The van der Waals surface area contributed by atoms with Crippen molar-refractivity contribution in [3.05, 3.63) is 10.6 Å². The van der Waals surface area contributed by atoms with Crippen molar-refractivity contribution in [3.63, 3.8) is 0 Å². The summed E-state index contributed by atoms with van der Waals surface area (Å²) in [5.41, 5.74) is 5.21. The van der Waals surface area contributed by atoms with Gasteiger partial charge in [0.15, 0.2) is 5.13 Å². The van der Waals surface area contributed by atoms with Crippen molar-refractivity contribution in [2.24, 2.45) is 23.2 Å². The summed E-state index contributed by atoms with van der Waals surface area (Å²) in [6.07, 6.45) is 6.67. The van der Waals surface area contributed by atoms with Crippen molar-refractivity contribution < 1.29 is 19.1 Å². The molecular weight excluding hydrogens is 430 g/mol. The molecule has 2 heterocycles. The number of nitrogens with zero attached hydrogens (tertiary/aromatic N) is 2. The lowest BCUT2D eigenvalue weighted by Gasteiger charge is -2.55. The summed E-state index contributed by atoms with van der Waals surface area (Å²) in [4.78, 5) is 44.8. The Morgan fingerprint density at radius 3 is 2.31 bits per heavy atom. The van der Waals surface area contributed by atoms with Gasteiger partial charge in [-0.2, -0.15) is 0 Å². The number of hydrazine groups is 1. The summed E-state index contributed by atoms with van der Waals surface area (Å²) in [5.74, 6) is 1.18. The molecule has 0 spiro atoms. The van der Waals surface area contributed by atoms with Gasteiger partial charge in [0.2, 0.25) is 5.91 Å². The Bertz CT molecular complexity index is 875. The van der Waals surface area contributed by atoms with Gasteiger partial charge in [-0.25, -0.2) is 4.98 Å². The number of hydrogen-bond donors (Lipinski definition) is 3. The van der Waals surface area contributed by atoms with E-state index in [-0.39, 0.29) is 17.9 Å². The summed E-state index contributed by atoms with van der Waals surface area (Å²) in [5, 5.41) is 3.61. The first kappa shape index (κ1) is 21.6. The van der Waals surface area contributed by atoms with E-state index in [1.54, 1.807) is 6.92 Å². The number of morpholine rings is 1. The minimum atomic E-state index is -0.438. The predicted octanol–water partition coefficient (Wildman–Crippen LogP) is 1.38. The molecule has 32 heavy (non-hydrogen) atoms. The van der Waals surface area contributed by atoms with Gasteiger partial charge in [-0.15, -0.1) is 0 Å². The third kappa shape index (κ3) is 4.22. The van der Waals surface area contributed by atoms with E-state index >= 15 is 0 Å². The van der Waals surface area contributed by atoms with Gasteiger partial charge in [0.1, 0.15) is 4.88 Å². The van der Waals surface area contributed by atoms with Crippen LogP contribution in [-0.4, -0.2) is 55.6 Å². The van der Waals surface area contributed by atoms with Crippen molar-refractivity contribution in [3.8, 4) is 0 Å². The highest BCUT2D eigenvalue weighted by Gasteiger charge is 2.54. The molecule has 3 amide bonds.